The third-order valence-corrected chi connectivity index (χ3v) is 3.59. The summed E-state index contributed by atoms with van der Waals surface area (Å²) in [6.45, 7) is 6.29. The first-order valence-electron chi connectivity index (χ1n) is 8.27. The van der Waals surface area contributed by atoms with Gasteiger partial charge in [-0.2, -0.15) is 0 Å². The molecular formula is C20H24N2O2. The van der Waals surface area contributed by atoms with E-state index in [1.54, 1.807) is 6.92 Å². The molecule has 4 nitrogen and oxygen atoms in total. The molecule has 24 heavy (non-hydrogen) atoms. The Kier molecular flexibility index (Phi) is 6.55. The minimum atomic E-state index is -0.219. The lowest BCUT2D eigenvalue weighted by molar-refractivity contribution is 0.132. The van der Waals surface area contributed by atoms with Gasteiger partial charge in [-0.05, 0) is 42.3 Å². The van der Waals surface area contributed by atoms with Crippen LogP contribution in [0.3, 0.4) is 0 Å². The molecule has 2 aromatic carbocycles. The van der Waals surface area contributed by atoms with E-state index in [2.05, 4.69) is 5.16 Å². The lowest BCUT2D eigenvalue weighted by atomic mass is 10.0. The summed E-state index contributed by atoms with van der Waals surface area (Å²) in [5, 5.41) is 11.7. The van der Waals surface area contributed by atoms with E-state index in [1.807, 2.05) is 68.4 Å². The Labute approximate surface area is 143 Å². The minimum Gasteiger partial charge on any atom is -0.489 e. The van der Waals surface area contributed by atoms with E-state index in [1.165, 1.54) is 0 Å². The lowest BCUT2D eigenvalue weighted by Crippen LogP contribution is -2.16. The molecule has 0 saturated carbocycles. The van der Waals surface area contributed by atoms with Crippen LogP contribution in [0.5, 0.6) is 5.75 Å². The van der Waals surface area contributed by atoms with Crippen molar-refractivity contribution in [3.63, 3.8) is 0 Å². The third kappa shape index (κ3) is 4.69. The molecular weight excluding hydrogens is 300 g/mol. The number of oxime groups is 1. The summed E-state index contributed by atoms with van der Waals surface area (Å²) in [5.41, 5.74) is 3.54. The van der Waals surface area contributed by atoms with Crippen molar-refractivity contribution in [3.8, 4) is 5.75 Å². The van der Waals surface area contributed by atoms with Crippen LogP contribution in [-0.2, 0) is 11.4 Å². The number of nitrogens with one attached hydrogen (secondary N) is 1. The summed E-state index contributed by atoms with van der Waals surface area (Å²) in [7, 11) is 0. The van der Waals surface area contributed by atoms with Crippen molar-refractivity contribution in [2.45, 2.75) is 39.9 Å². The molecule has 0 amide bonds. The molecule has 1 aliphatic rings. The molecule has 3 rings (SSSR count). The molecule has 2 aromatic rings. The van der Waals surface area contributed by atoms with E-state index in [0.29, 0.717) is 18.7 Å². The van der Waals surface area contributed by atoms with Gasteiger partial charge < -0.3 is 15.0 Å². The molecule has 0 spiro atoms. The summed E-state index contributed by atoms with van der Waals surface area (Å²) >= 11 is 0. The van der Waals surface area contributed by atoms with Crippen molar-refractivity contribution in [1.29, 1.82) is 5.41 Å². The Hall–Kier alpha value is -2.62. The fourth-order valence-corrected chi connectivity index (χ4v) is 2.26. The summed E-state index contributed by atoms with van der Waals surface area (Å²) in [6, 6.07) is 17.9. The summed E-state index contributed by atoms with van der Waals surface area (Å²) in [5.74, 6) is 0.826. The van der Waals surface area contributed by atoms with E-state index >= 15 is 0 Å². The van der Waals surface area contributed by atoms with Gasteiger partial charge in [-0.3, -0.25) is 0 Å². The van der Waals surface area contributed by atoms with Gasteiger partial charge >= 0.3 is 0 Å². The van der Waals surface area contributed by atoms with Crippen LogP contribution < -0.4 is 4.74 Å². The zero-order chi connectivity index (χ0) is 17.4. The van der Waals surface area contributed by atoms with Gasteiger partial charge in [0.15, 0.2) is 6.10 Å². The van der Waals surface area contributed by atoms with Crippen LogP contribution in [0.2, 0.25) is 0 Å². The van der Waals surface area contributed by atoms with E-state index in [4.69, 9.17) is 15.0 Å². The molecule has 1 heterocycles. The normalized spacial score (nSPS) is 15.6. The standard InChI is InChI=1S/C18H18N2O2.C2H6/c1-13(19)18-11-17(20-22-18)15-7-9-16(10-8-15)21-12-14-5-3-2-4-6-14;1-2/h2-10,18-19H,11-12H2,1H3;1-2H3. The van der Waals surface area contributed by atoms with E-state index in [0.717, 1.165) is 22.6 Å². The Morgan fingerprint density at radius 2 is 1.79 bits per heavy atom. The smallest absolute Gasteiger partial charge is 0.170 e. The van der Waals surface area contributed by atoms with Crippen LogP contribution in [0.4, 0.5) is 0 Å². The Bertz CT molecular complexity index is 679. The van der Waals surface area contributed by atoms with Crippen LogP contribution in [-0.4, -0.2) is 17.5 Å². The molecule has 1 unspecified atom stereocenters. The Morgan fingerprint density at radius 1 is 1.12 bits per heavy atom. The first-order chi connectivity index (χ1) is 11.7. The zero-order valence-electron chi connectivity index (χ0n) is 14.5. The predicted octanol–water partition coefficient (Wildman–Crippen LogP) is 4.82. The van der Waals surface area contributed by atoms with Crippen molar-refractivity contribution in [2.75, 3.05) is 0 Å². The van der Waals surface area contributed by atoms with E-state index in [9.17, 15) is 0 Å². The molecule has 0 aliphatic carbocycles. The average Bonchev–Trinajstić information content (AvgIpc) is 3.13. The number of hydrogen-bond donors (Lipinski definition) is 1. The second-order valence-corrected chi connectivity index (χ2v) is 5.32. The summed E-state index contributed by atoms with van der Waals surface area (Å²) in [4.78, 5) is 5.25. The molecule has 1 atom stereocenters. The Morgan fingerprint density at radius 3 is 2.38 bits per heavy atom. The maximum Gasteiger partial charge on any atom is 0.170 e. The number of ether oxygens (including phenoxy) is 1. The van der Waals surface area contributed by atoms with Gasteiger partial charge in [0.1, 0.15) is 12.4 Å². The van der Waals surface area contributed by atoms with Crippen molar-refractivity contribution in [3.05, 3.63) is 65.7 Å². The third-order valence-electron chi connectivity index (χ3n) is 3.59. The molecule has 0 fully saturated rings. The lowest BCUT2D eigenvalue weighted by Gasteiger charge is -2.07. The monoisotopic (exact) mass is 324 g/mol. The highest BCUT2D eigenvalue weighted by molar-refractivity contribution is 6.04. The van der Waals surface area contributed by atoms with Gasteiger partial charge in [0.05, 0.1) is 5.71 Å². The molecule has 0 aromatic heterocycles. The number of benzene rings is 2. The maximum atomic E-state index is 7.60. The van der Waals surface area contributed by atoms with Crippen LogP contribution >= 0.6 is 0 Å². The molecule has 1 N–H and O–H groups in total. The molecule has 0 radical (unpaired) electrons. The molecule has 1 aliphatic heterocycles. The second kappa shape index (κ2) is 8.87. The summed E-state index contributed by atoms with van der Waals surface area (Å²) in [6.07, 6.45) is 0.434. The van der Waals surface area contributed by atoms with Crippen LogP contribution in [0.1, 0.15) is 38.3 Å². The van der Waals surface area contributed by atoms with Gasteiger partial charge in [-0.15, -0.1) is 0 Å². The van der Waals surface area contributed by atoms with Gasteiger partial charge in [-0.1, -0.05) is 49.3 Å². The first kappa shape index (κ1) is 17.7. The predicted molar refractivity (Wildman–Crippen MR) is 98.0 cm³/mol. The van der Waals surface area contributed by atoms with Crippen molar-refractivity contribution >= 4 is 11.4 Å². The molecule has 4 heteroatoms. The zero-order valence-corrected chi connectivity index (χ0v) is 14.5. The van der Waals surface area contributed by atoms with Gasteiger partial charge in [0, 0.05) is 12.1 Å². The summed E-state index contributed by atoms with van der Waals surface area (Å²) < 4.78 is 5.76. The van der Waals surface area contributed by atoms with E-state index in [-0.39, 0.29) is 6.10 Å². The van der Waals surface area contributed by atoms with E-state index < -0.39 is 0 Å². The van der Waals surface area contributed by atoms with Gasteiger partial charge in [0.2, 0.25) is 0 Å². The fraction of sp³-hybridized carbons (Fsp3) is 0.300. The average molecular weight is 324 g/mol. The van der Waals surface area contributed by atoms with Gasteiger partial charge in [0.25, 0.3) is 0 Å². The first-order valence-corrected chi connectivity index (χ1v) is 8.27. The second-order valence-electron chi connectivity index (χ2n) is 5.32. The highest BCUT2D eigenvalue weighted by atomic mass is 16.6. The topological polar surface area (TPSA) is 54.7 Å². The number of nitrogens with zero attached hydrogens (tertiary/aromatic N) is 1. The molecule has 126 valence electrons. The molecule has 0 bridgehead atoms. The maximum absolute atomic E-state index is 7.60. The largest absolute Gasteiger partial charge is 0.489 e. The highest BCUT2D eigenvalue weighted by Gasteiger charge is 2.23. The van der Waals surface area contributed by atoms with Crippen molar-refractivity contribution in [1.82, 2.24) is 0 Å². The SMILES string of the molecule is CC.CC(=N)C1CC(c2ccc(OCc3ccccc3)cc2)=NO1. The fourth-order valence-electron chi connectivity index (χ4n) is 2.26. The van der Waals surface area contributed by atoms with Crippen LogP contribution in [0, 0.1) is 5.41 Å². The van der Waals surface area contributed by atoms with Crippen molar-refractivity contribution < 1.29 is 9.57 Å². The van der Waals surface area contributed by atoms with Gasteiger partial charge in [-0.25, -0.2) is 0 Å². The minimum absolute atomic E-state index is 0.219. The Balaban J connectivity index is 0.00000100. The number of hydrogen-bond acceptors (Lipinski definition) is 4. The quantitative estimate of drug-likeness (QED) is 0.801. The molecule has 0 saturated heterocycles. The highest BCUT2D eigenvalue weighted by Crippen LogP contribution is 2.20. The number of rotatable bonds is 5. The van der Waals surface area contributed by atoms with Crippen molar-refractivity contribution in [2.24, 2.45) is 5.16 Å². The van der Waals surface area contributed by atoms with Crippen LogP contribution in [0.15, 0.2) is 59.8 Å². The van der Waals surface area contributed by atoms with Crippen LogP contribution in [0.25, 0.3) is 0 Å².